The third kappa shape index (κ3) is 4.17. The minimum atomic E-state index is -1.17. The van der Waals surface area contributed by atoms with Crippen molar-refractivity contribution in [1.82, 2.24) is 5.32 Å². The van der Waals surface area contributed by atoms with Crippen LogP contribution in [0.25, 0.3) is 0 Å². The molecule has 0 bridgehead atoms. The van der Waals surface area contributed by atoms with Crippen molar-refractivity contribution >= 4 is 11.9 Å². The van der Waals surface area contributed by atoms with Crippen molar-refractivity contribution < 1.29 is 19.8 Å². The van der Waals surface area contributed by atoms with Gasteiger partial charge < -0.3 is 27.0 Å². The number of hydrogen-bond donors (Lipinski definition) is 5. The van der Waals surface area contributed by atoms with Crippen LogP contribution in [0.5, 0.6) is 0 Å². The summed E-state index contributed by atoms with van der Waals surface area (Å²) in [6.07, 6.45) is 0.124. The van der Waals surface area contributed by atoms with Crippen molar-refractivity contribution in [3.8, 4) is 0 Å². The number of carbonyl (C=O) groups excluding carboxylic acids is 1. The largest absolute Gasteiger partial charge is 0.480 e. The van der Waals surface area contributed by atoms with E-state index < -0.39 is 30.6 Å². The molecule has 0 fully saturated rings. The van der Waals surface area contributed by atoms with Crippen molar-refractivity contribution in [3.63, 3.8) is 0 Å². The normalized spacial score (nSPS) is 14.5. The summed E-state index contributed by atoms with van der Waals surface area (Å²) >= 11 is 0. The average Bonchev–Trinajstić information content (AvgIpc) is 2.15. The number of rotatable bonds is 6. The lowest BCUT2D eigenvalue weighted by Gasteiger charge is -2.15. The van der Waals surface area contributed by atoms with Gasteiger partial charge in [0.25, 0.3) is 0 Å². The summed E-state index contributed by atoms with van der Waals surface area (Å²) < 4.78 is 0. The SMILES string of the molecule is NCC[C@H](NC(=O)[C@@H](N)CO)C(=O)O. The third-order valence-electron chi connectivity index (χ3n) is 1.60. The van der Waals surface area contributed by atoms with Crippen LogP contribution in [0.3, 0.4) is 0 Å². The van der Waals surface area contributed by atoms with Crippen LogP contribution < -0.4 is 16.8 Å². The van der Waals surface area contributed by atoms with Gasteiger partial charge in [0.2, 0.25) is 5.91 Å². The highest BCUT2D eigenvalue weighted by Crippen LogP contribution is 1.91. The number of aliphatic carboxylic acids is 1. The maximum Gasteiger partial charge on any atom is 0.326 e. The highest BCUT2D eigenvalue weighted by atomic mass is 16.4. The molecule has 0 aromatic rings. The van der Waals surface area contributed by atoms with E-state index in [-0.39, 0.29) is 13.0 Å². The first-order valence-corrected chi connectivity index (χ1v) is 4.12. The van der Waals surface area contributed by atoms with Crippen molar-refractivity contribution in [2.75, 3.05) is 13.2 Å². The Labute approximate surface area is 81.1 Å². The van der Waals surface area contributed by atoms with E-state index in [1.165, 1.54) is 0 Å². The van der Waals surface area contributed by atoms with Gasteiger partial charge in [-0.25, -0.2) is 4.79 Å². The van der Waals surface area contributed by atoms with Crippen molar-refractivity contribution in [3.05, 3.63) is 0 Å². The fraction of sp³-hybridized carbons (Fsp3) is 0.714. The molecule has 7 heteroatoms. The maximum atomic E-state index is 11.1. The highest BCUT2D eigenvalue weighted by Gasteiger charge is 2.21. The van der Waals surface area contributed by atoms with Gasteiger partial charge in [-0.3, -0.25) is 4.79 Å². The van der Waals surface area contributed by atoms with Crippen LogP contribution in [0.4, 0.5) is 0 Å². The molecule has 14 heavy (non-hydrogen) atoms. The van der Waals surface area contributed by atoms with E-state index >= 15 is 0 Å². The maximum absolute atomic E-state index is 11.1. The zero-order chi connectivity index (χ0) is 11.1. The first-order chi connectivity index (χ1) is 6.52. The van der Waals surface area contributed by atoms with E-state index in [1.54, 1.807) is 0 Å². The van der Waals surface area contributed by atoms with Crippen molar-refractivity contribution in [1.29, 1.82) is 0 Å². The Morgan fingerprint density at radius 3 is 2.36 bits per heavy atom. The van der Waals surface area contributed by atoms with Crippen LogP contribution in [0, 0.1) is 0 Å². The van der Waals surface area contributed by atoms with Gasteiger partial charge >= 0.3 is 5.97 Å². The second kappa shape index (κ2) is 6.30. The van der Waals surface area contributed by atoms with E-state index in [0.29, 0.717) is 0 Å². The van der Waals surface area contributed by atoms with Crippen LogP contribution >= 0.6 is 0 Å². The molecule has 0 aliphatic carbocycles. The molecule has 2 atom stereocenters. The van der Waals surface area contributed by atoms with Crippen LogP contribution in [0.1, 0.15) is 6.42 Å². The number of aliphatic hydroxyl groups excluding tert-OH is 1. The minimum absolute atomic E-state index is 0.124. The third-order valence-corrected chi connectivity index (χ3v) is 1.60. The number of carboxylic acid groups (broad SMARTS) is 1. The predicted octanol–water partition coefficient (Wildman–Crippen LogP) is -2.78. The van der Waals surface area contributed by atoms with Gasteiger partial charge in [-0.1, -0.05) is 0 Å². The Morgan fingerprint density at radius 2 is 2.00 bits per heavy atom. The molecule has 0 saturated heterocycles. The number of hydrogen-bond acceptors (Lipinski definition) is 5. The molecule has 0 aromatic carbocycles. The van der Waals surface area contributed by atoms with Gasteiger partial charge in [0, 0.05) is 0 Å². The second-order valence-corrected chi connectivity index (χ2v) is 2.77. The lowest BCUT2D eigenvalue weighted by Crippen LogP contribution is -2.50. The van der Waals surface area contributed by atoms with E-state index in [9.17, 15) is 9.59 Å². The van der Waals surface area contributed by atoms with Crippen LogP contribution in [0.2, 0.25) is 0 Å². The van der Waals surface area contributed by atoms with Crippen molar-refractivity contribution in [2.24, 2.45) is 11.5 Å². The Morgan fingerprint density at radius 1 is 1.43 bits per heavy atom. The zero-order valence-corrected chi connectivity index (χ0v) is 7.64. The molecule has 0 spiro atoms. The molecule has 0 heterocycles. The fourth-order valence-electron chi connectivity index (χ4n) is 0.786. The fourth-order valence-corrected chi connectivity index (χ4v) is 0.786. The van der Waals surface area contributed by atoms with E-state index in [1.807, 2.05) is 0 Å². The molecule has 82 valence electrons. The summed E-state index contributed by atoms with van der Waals surface area (Å²) in [7, 11) is 0. The molecule has 0 unspecified atom stereocenters. The molecule has 0 saturated carbocycles. The summed E-state index contributed by atoms with van der Waals surface area (Å²) in [6, 6.07) is -2.15. The molecule has 0 aliphatic rings. The summed E-state index contributed by atoms with van der Waals surface area (Å²) in [4.78, 5) is 21.6. The topological polar surface area (TPSA) is 139 Å². The number of carbonyl (C=O) groups is 2. The molecule has 0 radical (unpaired) electrons. The van der Waals surface area contributed by atoms with Crippen molar-refractivity contribution in [2.45, 2.75) is 18.5 Å². The number of nitrogens with one attached hydrogen (secondary N) is 1. The van der Waals surface area contributed by atoms with E-state index in [0.717, 1.165) is 0 Å². The monoisotopic (exact) mass is 205 g/mol. The molecule has 0 aromatic heterocycles. The Balaban J connectivity index is 4.15. The van der Waals surface area contributed by atoms with Gasteiger partial charge in [-0.05, 0) is 13.0 Å². The predicted molar refractivity (Wildman–Crippen MR) is 48.3 cm³/mol. The molecule has 7 N–H and O–H groups in total. The number of aliphatic hydroxyl groups is 1. The van der Waals surface area contributed by atoms with E-state index in [2.05, 4.69) is 5.32 Å². The Kier molecular flexibility index (Phi) is 5.77. The number of carboxylic acids is 1. The van der Waals surface area contributed by atoms with Gasteiger partial charge in [-0.15, -0.1) is 0 Å². The molecular formula is C7H15N3O4. The lowest BCUT2D eigenvalue weighted by atomic mass is 10.2. The van der Waals surface area contributed by atoms with Crippen LogP contribution in [-0.2, 0) is 9.59 Å². The first-order valence-electron chi connectivity index (χ1n) is 4.12. The van der Waals surface area contributed by atoms with Gasteiger partial charge in [-0.2, -0.15) is 0 Å². The van der Waals surface area contributed by atoms with Gasteiger partial charge in [0.1, 0.15) is 12.1 Å². The molecule has 1 amide bonds. The van der Waals surface area contributed by atoms with Gasteiger partial charge in [0.05, 0.1) is 6.61 Å². The Hall–Kier alpha value is -1.18. The zero-order valence-electron chi connectivity index (χ0n) is 7.64. The molecule has 0 aliphatic heterocycles. The quantitative estimate of drug-likeness (QED) is 0.318. The minimum Gasteiger partial charge on any atom is -0.480 e. The highest BCUT2D eigenvalue weighted by molar-refractivity contribution is 5.86. The summed E-state index contributed by atoms with van der Waals surface area (Å²) in [6.45, 7) is -0.383. The number of nitrogens with two attached hydrogens (primary N) is 2. The standard InChI is InChI=1S/C7H15N3O4/c8-2-1-5(7(13)14)10-6(12)4(9)3-11/h4-5,11H,1-3,8-9H2,(H,10,12)(H,13,14)/t4-,5-/m0/s1. The lowest BCUT2D eigenvalue weighted by molar-refractivity contribution is -0.142. The average molecular weight is 205 g/mol. The molecule has 0 rings (SSSR count). The number of amides is 1. The van der Waals surface area contributed by atoms with Crippen LogP contribution in [-0.4, -0.2) is 47.3 Å². The summed E-state index contributed by atoms with van der Waals surface area (Å²) in [5, 5.41) is 19.3. The van der Waals surface area contributed by atoms with Crippen LogP contribution in [0.15, 0.2) is 0 Å². The molecule has 7 nitrogen and oxygen atoms in total. The van der Waals surface area contributed by atoms with Gasteiger partial charge in [0.15, 0.2) is 0 Å². The molecular weight excluding hydrogens is 190 g/mol. The smallest absolute Gasteiger partial charge is 0.326 e. The van der Waals surface area contributed by atoms with E-state index in [4.69, 9.17) is 21.7 Å². The summed E-state index contributed by atoms with van der Waals surface area (Å²) in [5.74, 6) is -1.87. The second-order valence-electron chi connectivity index (χ2n) is 2.77. The Bertz CT molecular complexity index is 209. The first kappa shape index (κ1) is 12.8. The summed E-state index contributed by atoms with van der Waals surface area (Å²) in [5.41, 5.74) is 10.3.